The monoisotopic (exact) mass is 729 g/mol. The molecule has 1 unspecified atom stereocenters. The number of carboxylic acid groups (broad SMARTS) is 1. The van der Waals surface area contributed by atoms with Gasteiger partial charge in [-0.05, 0) is 78.9 Å². The summed E-state index contributed by atoms with van der Waals surface area (Å²) < 4.78 is 45.3. The average molecular weight is 730 g/mol. The number of aliphatic imine (C=N–C) groups is 1. The molecule has 0 saturated heterocycles. The predicted octanol–water partition coefficient (Wildman–Crippen LogP) is 4.16. The van der Waals surface area contributed by atoms with Crippen molar-refractivity contribution in [3.63, 3.8) is 0 Å². The first-order chi connectivity index (χ1) is 24.8. The van der Waals surface area contributed by atoms with Gasteiger partial charge < -0.3 is 15.7 Å². The molecule has 0 bridgehead atoms. The van der Waals surface area contributed by atoms with Gasteiger partial charge in [0.05, 0.1) is 29.4 Å². The molecule has 3 aliphatic rings. The summed E-state index contributed by atoms with van der Waals surface area (Å²) in [5.41, 5.74) is 2.06. The van der Waals surface area contributed by atoms with Crippen molar-refractivity contribution in [2.24, 2.45) is 10.9 Å². The molecule has 4 N–H and O–H groups in total. The molecule has 6 rings (SSSR count). The molecule has 0 radical (unpaired) electrons. The Balaban J connectivity index is 1.09. The van der Waals surface area contributed by atoms with E-state index in [-0.39, 0.29) is 22.7 Å². The third-order valence-electron chi connectivity index (χ3n) is 9.42. The largest absolute Gasteiger partial charge is 0.506 e. The molecule has 1 saturated carbocycles. The van der Waals surface area contributed by atoms with Crippen molar-refractivity contribution in [1.29, 1.82) is 0 Å². The van der Waals surface area contributed by atoms with Gasteiger partial charge in [-0.1, -0.05) is 37.1 Å². The number of nitrogens with zero attached hydrogens (tertiary/aromatic N) is 3. The molecule has 3 aromatic carbocycles. The molecule has 2 heterocycles. The van der Waals surface area contributed by atoms with Gasteiger partial charge in [0.15, 0.2) is 0 Å². The highest BCUT2D eigenvalue weighted by Gasteiger charge is 2.47. The molecule has 15 heteroatoms. The Morgan fingerprint density at radius 2 is 1.75 bits per heavy atom. The zero-order valence-corrected chi connectivity index (χ0v) is 29.3. The van der Waals surface area contributed by atoms with E-state index in [9.17, 15) is 32.7 Å². The number of carboxylic acids is 1. The van der Waals surface area contributed by atoms with Gasteiger partial charge in [-0.2, -0.15) is 9.37 Å². The normalized spacial score (nSPS) is 18.1. The molecular formula is C37H38FN6O7S+. The van der Waals surface area contributed by atoms with Crippen LogP contribution < -0.4 is 20.3 Å². The van der Waals surface area contributed by atoms with Gasteiger partial charge in [-0.25, -0.2) is 22.4 Å². The highest BCUT2D eigenvalue weighted by molar-refractivity contribution is 7.92. The fourth-order valence-electron chi connectivity index (χ4n) is 6.61. The number of carbonyl (C=O) groups excluding carboxylic acids is 3. The zero-order valence-electron chi connectivity index (χ0n) is 28.5. The number of anilines is 2. The number of hydrogen-bond acceptors (Lipinski definition) is 8. The summed E-state index contributed by atoms with van der Waals surface area (Å²) in [5.74, 6) is -4.60. The number of sulfonamides is 1. The van der Waals surface area contributed by atoms with Crippen LogP contribution in [0.15, 0.2) is 82.8 Å². The van der Waals surface area contributed by atoms with Crippen molar-refractivity contribution < 1.29 is 41.7 Å². The van der Waals surface area contributed by atoms with Crippen LogP contribution in [0.3, 0.4) is 0 Å². The molecule has 4 amide bonds. The first kappa shape index (κ1) is 36.3. The standard InChI is InChI=1S/C37H37FN6O7S/c1-22-17-24(20-40-25-5-3-4-6-25)9-14-33(22)52(50,51)42-26-10-13-28(30(38)19-26)34(45)41-31(36(47)48)18-23-7-11-27(12-8-23)44-35(46)29-15-16-39-21-32(29)43(2)37(44)49/h7-17,19,21,25,29,31,40H,3-6,18,20H2,1-2H3,(H2-,41,42,45,47,48)/p+1/t29?,31-/m0/s1. The van der Waals surface area contributed by atoms with E-state index in [0.717, 1.165) is 35.4 Å². The van der Waals surface area contributed by atoms with Gasteiger partial charge in [-0.3, -0.25) is 14.5 Å². The van der Waals surface area contributed by atoms with Crippen LogP contribution in [0.4, 0.5) is 20.6 Å². The Labute approximate surface area is 300 Å². The minimum Gasteiger partial charge on any atom is -0.480 e. The number of halogens is 1. The number of hydrogen-bond donors (Lipinski definition) is 4. The number of carbonyl (C=O) groups is 4. The first-order valence-electron chi connectivity index (χ1n) is 16.8. The second kappa shape index (κ2) is 15.0. The van der Waals surface area contributed by atoms with Crippen molar-refractivity contribution >= 4 is 57.1 Å². The molecule has 1 fully saturated rings. The van der Waals surface area contributed by atoms with Crippen LogP contribution in [-0.2, 0) is 32.6 Å². The van der Waals surface area contributed by atoms with E-state index in [1.165, 1.54) is 73.3 Å². The highest BCUT2D eigenvalue weighted by Crippen LogP contribution is 2.26. The van der Waals surface area contributed by atoms with Crippen molar-refractivity contribution in [1.82, 2.24) is 10.6 Å². The molecule has 3 aromatic rings. The second-order valence-corrected chi connectivity index (χ2v) is 14.7. The van der Waals surface area contributed by atoms with Gasteiger partial charge in [0.1, 0.15) is 29.2 Å². The molecule has 0 spiro atoms. The van der Waals surface area contributed by atoms with Gasteiger partial charge in [0.25, 0.3) is 15.9 Å². The highest BCUT2D eigenvalue weighted by atomic mass is 32.2. The minimum absolute atomic E-state index is 0.0298. The maximum atomic E-state index is 15.2. The predicted molar refractivity (Wildman–Crippen MR) is 192 cm³/mol. The minimum atomic E-state index is -4.10. The lowest BCUT2D eigenvalue weighted by Crippen LogP contribution is -2.54. The lowest BCUT2D eigenvalue weighted by molar-refractivity contribution is -0.392. The number of aliphatic carboxylic acids is 1. The van der Waals surface area contributed by atoms with Crippen LogP contribution in [0, 0.1) is 18.7 Å². The summed E-state index contributed by atoms with van der Waals surface area (Å²) >= 11 is 0. The van der Waals surface area contributed by atoms with Crippen molar-refractivity contribution in [3.05, 3.63) is 101 Å². The fourth-order valence-corrected chi connectivity index (χ4v) is 7.89. The van der Waals surface area contributed by atoms with E-state index in [1.54, 1.807) is 25.1 Å². The third kappa shape index (κ3) is 7.70. The van der Waals surface area contributed by atoms with Crippen LogP contribution in [0.1, 0.15) is 52.7 Å². The molecule has 52 heavy (non-hydrogen) atoms. The van der Waals surface area contributed by atoms with Crippen LogP contribution in [0.25, 0.3) is 0 Å². The van der Waals surface area contributed by atoms with Gasteiger partial charge >= 0.3 is 17.9 Å². The number of aryl methyl sites for hydroxylation is 1. The molecule has 0 aromatic heterocycles. The SMILES string of the molecule is Cc1cc(CNC2CCCC2)ccc1S(=O)(=O)Nc1ccc(C(=O)N[C@@H](Cc2ccc(N3C(=O)C4C=CN=CC4=[N+](C)C3=O)cc2)C(=O)O)c(F)c1. The quantitative estimate of drug-likeness (QED) is 0.201. The molecule has 1 aliphatic carbocycles. The maximum Gasteiger partial charge on any atom is 0.506 e. The maximum absolute atomic E-state index is 15.2. The van der Waals surface area contributed by atoms with E-state index >= 15 is 4.39 Å². The Kier molecular flexibility index (Phi) is 10.4. The Morgan fingerprint density at radius 3 is 2.42 bits per heavy atom. The smallest absolute Gasteiger partial charge is 0.480 e. The Hall–Kier alpha value is -5.54. The number of nitrogens with one attached hydrogen (secondary N) is 3. The van der Waals surface area contributed by atoms with Crippen molar-refractivity contribution in [2.75, 3.05) is 16.7 Å². The van der Waals surface area contributed by atoms with Gasteiger partial charge in [0.2, 0.25) is 0 Å². The van der Waals surface area contributed by atoms with Crippen LogP contribution >= 0.6 is 0 Å². The van der Waals surface area contributed by atoms with Crippen LogP contribution in [-0.4, -0.2) is 73.0 Å². The summed E-state index contributed by atoms with van der Waals surface area (Å²) in [6.07, 6.45) is 9.00. The fraction of sp³-hybridized carbons (Fsp3) is 0.297. The Morgan fingerprint density at radius 1 is 1.04 bits per heavy atom. The lowest BCUT2D eigenvalue weighted by atomic mass is 9.97. The number of fused-ring (bicyclic) bond motifs is 1. The van der Waals surface area contributed by atoms with Crippen molar-refractivity contribution in [2.45, 2.75) is 62.6 Å². The number of rotatable bonds is 12. The van der Waals surface area contributed by atoms with Crippen LogP contribution in [0.2, 0.25) is 0 Å². The molecule has 2 atom stereocenters. The molecular weight excluding hydrogens is 692 g/mol. The first-order valence-corrected chi connectivity index (χ1v) is 18.3. The number of amides is 4. The van der Waals surface area contributed by atoms with E-state index in [1.807, 2.05) is 0 Å². The van der Waals surface area contributed by atoms with E-state index in [0.29, 0.717) is 29.4 Å². The number of imide groups is 1. The van der Waals surface area contributed by atoms with E-state index < -0.39 is 57.2 Å². The molecule has 13 nitrogen and oxygen atoms in total. The summed E-state index contributed by atoms with van der Waals surface area (Å²) in [6.45, 7) is 2.31. The van der Waals surface area contributed by atoms with Crippen LogP contribution in [0.5, 0.6) is 0 Å². The number of benzene rings is 3. The lowest BCUT2D eigenvalue weighted by Gasteiger charge is -2.24. The van der Waals surface area contributed by atoms with Gasteiger partial charge in [0, 0.05) is 25.2 Å². The average Bonchev–Trinajstić information content (AvgIpc) is 3.64. The van der Waals surface area contributed by atoms with E-state index in [4.69, 9.17) is 0 Å². The second-order valence-electron chi connectivity index (χ2n) is 13.0. The number of urea groups is 1. The summed E-state index contributed by atoms with van der Waals surface area (Å²) in [6, 6.07) is 12.6. The Bertz CT molecular complexity index is 2140. The molecule has 2 aliphatic heterocycles. The van der Waals surface area contributed by atoms with Gasteiger partial charge in [-0.15, -0.1) is 4.90 Å². The summed E-state index contributed by atoms with van der Waals surface area (Å²) in [7, 11) is -2.56. The third-order valence-corrected chi connectivity index (χ3v) is 11.0. The summed E-state index contributed by atoms with van der Waals surface area (Å²) in [4.78, 5) is 56.3. The van der Waals surface area contributed by atoms with Crippen molar-refractivity contribution in [3.8, 4) is 0 Å². The topological polar surface area (TPSA) is 177 Å². The summed E-state index contributed by atoms with van der Waals surface area (Å²) in [5, 5.41) is 15.7. The molecule has 270 valence electrons. The van der Waals surface area contributed by atoms with E-state index in [2.05, 4.69) is 20.3 Å². The zero-order chi connectivity index (χ0) is 37.2.